The molecule has 1 atom stereocenters. The molecule has 0 saturated heterocycles. The van der Waals surface area contributed by atoms with E-state index in [2.05, 4.69) is 4.98 Å². The summed E-state index contributed by atoms with van der Waals surface area (Å²) in [5, 5.41) is 14.4. The van der Waals surface area contributed by atoms with Crippen molar-refractivity contribution >= 4 is 61.2 Å². The highest BCUT2D eigenvalue weighted by Gasteiger charge is 2.41. The number of aromatic amines is 1. The molecule has 0 aliphatic carbocycles. The fraction of sp³-hybridized carbons (Fsp3) is 0.182. The summed E-state index contributed by atoms with van der Waals surface area (Å²) in [5.74, 6) is -0.626. The number of carbonyl (C=O) groups excluding carboxylic acids is 3. The van der Waals surface area contributed by atoms with Gasteiger partial charge in [0, 0.05) is 52.8 Å². The van der Waals surface area contributed by atoms with Crippen LogP contribution < -0.4 is 10.5 Å². The first-order valence-electron chi connectivity index (χ1n) is 13.7. The van der Waals surface area contributed by atoms with Gasteiger partial charge in [0.15, 0.2) is 0 Å². The minimum atomic E-state index is -0.830. The number of hydrogen-bond acceptors (Lipinski definition) is 5. The molecule has 1 aliphatic heterocycles. The van der Waals surface area contributed by atoms with Crippen molar-refractivity contribution in [3.63, 3.8) is 0 Å². The van der Waals surface area contributed by atoms with Crippen LogP contribution in [0.2, 0.25) is 0 Å². The number of ether oxygens (including phenoxy) is 1. The SMILES string of the molecule is COc1ccc2c(c1)[nH]c1c3cc(CC(N)=O)c4ccn(C)c4c3c3c(c21)C(=O)N(CCC(O)c1ccccc1)C3=O. The minimum absolute atomic E-state index is 0.0272. The van der Waals surface area contributed by atoms with Gasteiger partial charge in [0.05, 0.1) is 47.3 Å². The summed E-state index contributed by atoms with van der Waals surface area (Å²) in [6, 6.07) is 18.5. The Balaban J connectivity index is 1.51. The Hall–Kier alpha value is -5.15. The van der Waals surface area contributed by atoms with Crippen LogP contribution in [0.1, 0.15) is 44.4 Å². The predicted molar refractivity (Wildman–Crippen MR) is 161 cm³/mol. The summed E-state index contributed by atoms with van der Waals surface area (Å²) in [6.45, 7) is 0.0532. The monoisotopic (exact) mass is 560 g/mol. The first-order valence-corrected chi connectivity index (χ1v) is 13.7. The number of nitrogens with zero attached hydrogens (tertiary/aromatic N) is 2. The van der Waals surface area contributed by atoms with Crippen LogP contribution in [0.5, 0.6) is 5.75 Å². The van der Waals surface area contributed by atoms with Crippen molar-refractivity contribution in [2.75, 3.05) is 13.7 Å². The lowest BCUT2D eigenvalue weighted by atomic mass is 9.91. The van der Waals surface area contributed by atoms with E-state index in [1.54, 1.807) is 7.11 Å². The normalized spacial score (nSPS) is 14.0. The van der Waals surface area contributed by atoms with E-state index in [4.69, 9.17) is 10.5 Å². The lowest BCUT2D eigenvalue weighted by Crippen LogP contribution is -2.31. The van der Waals surface area contributed by atoms with Gasteiger partial charge in [-0.1, -0.05) is 30.3 Å². The van der Waals surface area contributed by atoms with Crippen LogP contribution in [0, 0.1) is 0 Å². The number of fused-ring (bicyclic) bond motifs is 10. The number of aromatic nitrogens is 2. The van der Waals surface area contributed by atoms with Crippen LogP contribution >= 0.6 is 0 Å². The molecular weight excluding hydrogens is 532 g/mol. The van der Waals surface area contributed by atoms with Crippen molar-refractivity contribution in [1.82, 2.24) is 14.5 Å². The Morgan fingerprint density at radius 2 is 1.71 bits per heavy atom. The average molecular weight is 561 g/mol. The zero-order valence-corrected chi connectivity index (χ0v) is 23.1. The van der Waals surface area contributed by atoms with Crippen molar-refractivity contribution in [1.29, 1.82) is 0 Å². The van der Waals surface area contributed by atoms with Gasteiger partial charge in [-0.2, -0.15) is 0 Å². The molecule has 7 rings (SSSR count). The summed E-state index contributed by atoms with van der Waals surface area (Å²) in [5.41, 5.74) is 9.92. The Morgan fingerprint density at radius 3 is 2.43 bits per heavy atom. The van der Waals surface area contributed by atoms with Gasteiger partial charge < -0.3 is 25.1 Å². The molecule has 0 fully saturated rings. The standard InChI is InChI=1S/C33H28N4O5/c1-36-12-10-20-18(15-25(34)39)14-22-27(31(20)36)29-28(26-21-9-8-19(42-2)16-23(21)35-30(22)26)32(40)37(33(29)41)13-11-24(38)17-6-4-3-5-7-17/h3-10,12,14,16,24,35,38H,11,13,15H2,1-2H3,(H2,34,39). The van der Waals surface area contributed by atoms with E-state index < -0.39 is 23.8 Å². The molecule has 0 radical (unpaired) electrons. The molecule has 9 nitrogen and oxygen atoms in total. The highest BCUT2D eigenvalue weighted by molar-refractivity contribution is 6.39. The van der Waals surface area contributed by atoms with Gasteiger partial charge in [-0.3, -0.25) is 19.3 Å². The number of benzene rings is 4. The van der Waals surface area contributed by atoms with E-state index in [0.29, 0.717) is 33.2 Å². The Labute approximate surface area is 240 Å². The molecule has 4 N–H and O–H groups in total. The Kier molecular flexibility index (Phi) is 5.81. The second kappa shape index (κ2) is 9.46. The molecule has 42 heavy (non-hydrogen) atoms. The lowest BCUT2D eigenvalue weighted by molar-refractivity contribution is -0.117. The largest absolute Gasteiger partial charge is 0.497 e. The molecular formula is C33H28N4O5. The molecule has 4 aromatic carbocycles. The van der Waals surface area contributed by atoms with Gasteiger partial charge in [-0.15, -0.1) is 0 Å². The molecule has 9 heteroatoms. The smallest absolute Gasteiger partial charge is 0.262 e. The number of aliphatic hydroxyl groups is 1. The van der Waals surface area contributed by atoms with Gasteiger partial charge in [0.25, 0.3) is 11.8 Å². The molecule has 1 aliphatic rings. The van der Waals surface area contributed by atoms with Crippen LogP contribution in [0.25, 0.3) is 43.5 Å². The summed E-state index contributed by atoms with van der Waals surface area (Å²) < 4.78 is 7.34. The van der Waals surface area contributed by atoms with E-state index in [9.17, 15) is 19.5 Å². The van der Waals surface area contributed by atoms with Gasteiger partial charge in [-0.25, -0.2) is 0 Å². The first-order chi connectivity index (χ1) is 20.3. The van der Waals surface area contributed by atoms with E-state index in [-0.39, 0.29) is 19.4 Å². The van der Waals surface area contributed by atoms with Gasteiger partial charge >= 0.3 is 0 Å². The van der Waals surface area contributed by atoms with Crippen LogP contribution in [0.15, 0.2) is 66.9 Å². The number of methoxy groups -OCH3 is 1. The topological polar surface area (TPSA) is 131 Å². The molecule has 2 aromatic heterocycles. The molecule has 210 valence electrons. The van der Waals surface area contributed by atoms with Crippen LogP contribution in [0.4, 0.5) is 0 Å². The fourth-order valence-electron chi connectivity index (χ4n) is 6.44. The van der Waals surface area contributed by atoms with Gasteiger partial charge in [-0.05, 0) is 41.8 Å². The zero-order chi connectivity index (χ0) is 29.3. The van der Waals surface area contributed by atoms with Crippen molar-refractivity contribution in [3.8, 4) is 5.75 Å². The number of nitrogens with two attached hydrogens (primary N) is 1. The van der Waals surface area contributed by atoms with Crippen LogP contribution in [0.3, 0.4) is 0 Å². The number of H-pyrrole nitrogens is 1. The van der Waals surface area contributed by atoms with E-state index in [0.717, 1.165) is 38.3 Å². The van der Waals surface area contributed by atoms with Crippen LogP contribution in [-0.4, -0.2) is 50.9 Å². The number of amides is 3. The fourth-order valence-corrected chi connectivity index (χ4v) is 6.44. The second-order valence-corrected chi connectivity index (χ2v) is 10.8. The number of imide groups is 1. The summed E-state index contributed by atoms with van der Waals surface area (Å²) >= 11 is 0. The quantitative estimate of drug-likeness (QED) is 0.243. The number of hydrogen-bond donors (Lipinski definition) is 3. The van der Waals surface area contributed by atoms with Crippen LogP contribution in [-0.2, 0) is 18.3 Å². The maximum absolute atomic E-state index is 14.2. The first kappa shape index (κ1) is 25.8. The summed E-state index contributed by atoms with van der Waals surface area (Å²) in [6.07, 6.45) is 1.27. The van der Waals surface area contributed by atoms with Crippen molar-refractivity contribution in [2.24, 2.45) is 12.8 Å². The molecule has 0 bridgehead atoms. The third kappa shape index (κ3) is 3.70. The van der Waals surface area contributed by atoms with Crippen molar-refractivity contribution in [2.45, 2.75) is 18.9 Å². The third-order valence-electron chi connectivity index (χ3n) is 8.36. The second-order valence-electron chi connectivity index (χ2n) is 10.8. The van der Waals surface area contributed by atoms with Gasteiger partial charge in [0.2, 0.25) is 5.91 Å². The predicted octanol–water partition coefficient (Wildman–Crippen LogP) is 4.72. The zero-order valence-electron chi connectivity index (χ0n) is 23.1. The molecule has 6 aromatic rings. The number of nitrogens with one attached hydrogen (secondary N) is 1. The molecule has 3 heterocycles. The highest BCUT2D eigenvalue weighted by atomic mass is 16.5. The third-order valence-corrected chi connectivity index (χ3v) is 8.36. The van der Waals surface area contributed by atoms with Gasteiger partial charge in [0.1, 0.15) is 5.75 Å². The van der Waals surface area contributed by atoms with E-state index in [1.807, 2.05) is 78.5 Å². The number of rotatable bonds is 7. The molecule has 3 amide bonds. The van der Waals surface area contributed by atoms with E-state index >= 15 is 0 Å². The summed E-state index contributed by atoms with van der Waals surface area (Å²) in [7, 11) is 3.46. The Morgan fingerprint density at radius 1 is 0.976 bits per heavy atom. The number of aryl methyl sites for hydroxylation is 1. The summed E-state index contributed by atoms with van der Waals surface area (Å²) in [4.78, 5) is 45.2. The number of primary amides is 1. The van der Waals surface area contributed by atoms with Crippen molar-refractivity contribution in [3.05, 3.63) is 89.1 Å². The molecule has 0 spiro atoms. The highest BCUT2D eigenvalue weighted by Crippen LogP contribution is 2.45. The average Bonchev–Trinajstić information content (AvgIpc) is 3.63. The molecule has 0 saturated carbocycles. The Bertz CT molecular complexity index is 2110. The maximum Gasteiger partial charge on any atom is 0.262 e. The number of carbonyl (C=O) groups is 3. The number of aliphatic hydroxyl groups excluding tert-OH is 1. The van der Waals surface area contributed by atoms with Crippen molar-refractivity contribution < 1.29 is 24.2 Å². The lowest BCUT2D eigenvalue weighted by Gasteiger charge is -2.17. The minimum Gasteiger partial charge on any atom is -0.497 e. The maximum atomic E-state index is 14.2. The molecule has 1 unspecified atom stereocenters. The van der Waals surface area contributed by atoms with E-state index in [1.165, 1.54) is 4.90 Å².